The number of halogens is 2. The number of nitrogens with zero attached hydrogens (tertiary/aromatic N) is 12. The summed E-state index contributed by atoms with van der Waals surface area (Å²) >= 11 is 0.661. The quantitative estimate of drug-likeness (QED) is 0.0459. The number of hydrogen-bond acceptors (Lipinski definition) is 22. The first-order valence-electron chi connectivity index (χ1n) is 27.4. The largest absolute Gasteiger partial charge is 0.389 e. The molecule has 3 fully saturated rings. The summed E-state index contributed by atoms with van der Waals surface area (Å²) in [7, 11) is 1.32. The molecule has 446 valence electrons. The summed E-state index contributed by atoms with van der Waals surface area (Å²) in [6.45, 7) is -3.61. The van der Waals surface area contributed by atoms with Gasteiger partial charge in [0.2, 0.25) is 25.3 Å². The number of anilines is 4. The van der Waals surface area contributed by atoms with Crippen molar-refractivity contribution in [1.82, 2.24) is 59.3 Å². The number of aromatic nitrogens is 11. The van der Waals surface area contributed by atoms with Gasteiger partial charge in [0.05, 0.1) is 50.3 Å². The number of fused-ring (bicyclic) bond motifs is 9. The van der Waals surface area contributed by atoms with Crippen molar-refractivity contribution in [3.05, 3.63) is 109 Å². The lowest BCUT2D eigenvalue weighted by atomic mass is 9.95. The van der Waals surface area contributed by atoms with Gasteiger partial charge in [0.25, 0.3) is 7.47 Å². The number of para-hydroxylation sites is 1. The van der Waals surface area contributed by atoms with Crippen molar-refractivity contribution in [1.29, 1.82) is 0 Å². The molecule has 2 radical (unpaired) electrons. The van der Waals surface area contributed by atoms with Crippen molar-refractivity contribution < 1.29 is 59.9 Å². The molecule has 3 saturated heterocycles. The third kappa shape index (κ3) is 12.0. The van der Waals surface area contributed by atoms with Crippen LogP contribution in [-0.2, 0) is 69.9 Å². The maximum atomic E-state index is 17.0. The average molecular weight is 1230 g/mol. The van der Waals surface area contributed by atoms with Crippen LogP contribution in [0.1, 0.15) is 62.6 Å². The second-order valence-electron chi connectivity index (χ2n) is 20.5. The minimum Gasteiger partial charge on any atom is -0.382 e. The number of rotatable bonds is 15. The molecular weight excluding hydrogens is 1180 g/mol. The fraction of sp³-hybridized carbons (Fsp3) is 0.377. The SMILES string of the molecule is [B][P@]1(=O)OC[C@H]2O[C@@H](n3cnc4c(N)ncnc43)[C@H](F)[C@@H]2O[P@](=O)(SCc2ccc(NC(=O)CNC(=O)CCCCCn3nnc4c3-c3ccccc3CN(C(=O)CC)c3ccccc3-4)cc2)OC[C@H]2O[C@@H](n3cnc4c(N)ncnc43)[C@H](F)[C@@H]2O1. The summed E-state index contributed by atoms with van der Waals surface area (Å²) in [5.74, 6) is -0.841. The zero-order chi connectivity index (χ0) is 59.9. The predicted octanol–water partition coefficient (Wildman–Crippen LogP) is 6.93. The van der Waals surface area contributed by atoms with E-state index in [1.165, 1.54) is 21.8 Å². The highest BCUT2D eigenvalue weighted by atomic mass is 32.7. The van der Waals surface area contributed by atoms with Crippen LogP contribution in [0.15, 0.2) is 98.1 Å². The van der Waals surface area contributed by atoms with Gasteiger partial charge in [-0.2, -0.15) is 0 Å². The van der Waals surface area contributed by atoms with E-state index in [-0.39, 0.29) is 64.5 Å². The highest BCUT2D eigenvalue weighted by Gasteiger charge is 2.55. The van der Waals surface area contributed by atoms with E-state index in [0.29, 0.717) is 67.1 Å². The number of benzene rings is 3. The van der Waals surface area contributed by atoms with Crippen LogP contribution in [0.3, 0.4) is 0 Å². The summed E-state index contributed by atoms with van der Waals surface area (Å²) < 4.78 is 102. The molecule has 0 aliphatic carbocycles. The molecule has 27 nitrogen and oxygen atoms in total. The molecule has 6 N–H and O–H groups in total. The van der Waals surface area contributed by atoms with E-state index in [1.807, 2.05) is 60.1 Å². The summed E-state index contributed by atoms with van der Waals surface area (Å²) in [6.07, 6.45) is -6.68. The Kier molecular flexibility index (Phi) is 16.8. The van der Waals surface area contributed by atoms with Gasteiger partial charge >= 0.3 is 6.80 Å². The molecule has 9 heterocycles. The third-order valence-corrected chi connectivity index (χ3v) is 19.6. The fourth-order valence-electron chi connectivity index (χ4n) is 10.7. The number of nitrogens with two attached hydrogens (primary N) is 2. The Morgan fingerprint density at radius 1 is 0.756 bits per heavy atom. The second kappa shape index (κ2) is 24.6. The molecule has 0 unspecified atom stereocenters. The first-order chi connectivity index (χ1) is 41.5. The Balaban J connectivity index is 0.673. The zero-order valence-electron chi connectivity index (χ0n) is 45.8. The third-order valence-electron chi connectivity index (χ3n) is 14.9. The number of amides is 3. The lowest BCUT2D eigenvalue weighted by Gasteiger charge is -2.30. The van der Waals surface area contributed by atoms with Gasteiger partial charge in [0.15, 0.2) is 47.7 Å². The number of ether oxygens (including phenoxy) is 2. The van der Waals surface area contributed by atoms with Crippen molar-refractivity contribution in [2.75, 3.05) is 41.4 Å². The van der Waals surface area contributed by atoms with Gasteiger partial charge in [-0.15, -0.1) is 5.10 Å². The monoisotopic (exact) mass is 1230 g/mol. The lowest BCUT2D eigenvalue weighted by Crippen LogP contribution is -2.37. The molecule has 0 bridgehead atoms. The first-order valence-corrected chi connectivity index (χ1v) is 32.1. The predicted molar refractivity (Wildman–Crippen MR) is 310 cm³/mol. The smallest absolute Gasteiger partial charge is 0.382 e. The van der Waals surface area contributed by atoms with E-state index in [2.05, 4.69) is 50.8 Å². The number of aryl methyl sites for hydroxylation is 1. The van der Waals surface area contributed by atoms with Crippen molar-refractivity contribution in [3.8, 4) is 22.5 Å². The van der Waals surface area contributed by atoms with Gasteiger partial charge in [-0.1, -0.05) is 73.2 Å². The fourth-order valence-corrected chi connectivity index (χ4v) is 15.1. The minimum absolute atomic E-state index is 0.00586. The van der Waals surface area contributed by atoms with E-state index >= 15 is 13.3 Å². The number of nitrogens with one attached hydrogen (secondary N) is 2. The Bertz CT molecular complexity index is 3960. The Hall–Kier alpha value is -7.60. The van der Waals surface area contributed by atoms with Gasteiger partial charge in [-0.3, -0.25) is 37.1 Å². The Labute approximate surface area is 493 Å². The lowest BCUT2D eigenvalue weighted by molar-refractivity contribution is -0.124. The zero-order valence-corrected chi connectivity index (χ0v) is 48.4. The van der Waals surface area contributed by atoms with Crippen molar-refractivity contribution >= 4 is 96.3 Å². The Morgan fingerprint density at radius 3 is 2.06 bits per heavy atom. The van der Waals surface area contributed by atoms with E-state index in [9.17, 15) is 18.9 Å². The number of carbonyl (C=O) groups excluding carboxylic acids is 3. The first kappa shape index (κ1) is 58.8. The summed E-state index contributed by atoms with van der Waals surface area (Å²) in [4.78, 5) is 65.5. The highest BCUT2D eigenvalue weighted by Crippen LogP contribution is 2.65. The molecule has 0 spiro atoms. The van der Waals surface area contributed by atoms with Crippen LogP contribution in [0.2, 0.25) is 0 Å². The summed E-state index contributed by atoms with van der Waals surface area (Å²) in [6, 6.07) is 22.1. The molecular formula is C53H55BF2N16O11P2S. The van der Waals surface area contributed by atoms with Crippen molar-refractivity contribution in [2.45, 2.75) is 107 Å². The van der Waals surface area contributed by atoms with Gasteiger partial charge in [-0.25, -0.2) is 47.9 Å². The molecule has 3 amide bonds. The van der Waals surface area contributed by atoms with Crippen LogP contribution >= 0.6 is 25.7 Å². The molecule has 5 aromatic heterocycles. The van der Waals surface area contributed by atoms with Gasteiger partial charge in [-0.05, 0) is 53.5 Å². The summed E-state index contributed by atoms with van der Waals surface area (Å²) in [5.41, 5.74) is 18.5. The topological polar surface area (TPSA) is 338 Å². The van der Waals surface area contributed by atoms with Crippen LogP contribution in [0.25, 0.3) is 44.8 Å². The van der Waals surface area contributed by atoms with Gasteiger partial charge in [0, 0.05) is 42.0 Å². The molecule has 10 atom stereocenters. The molecule has 4 aliphatic heterocycles. The second-order valence-corrected chi connectivity index (χ2v) is 26.1. The van der Waals surface area contributed by atoms with E-state index in [1.54, 1.807) is 29.2 Å². The maximum absolute atomic E-state index is 17.0. The molecule has 33 heteroatoms. The number of nitrogen functional groups attached to an aromatic ring is 2. The van der Waals surface area contributed by atoms with E-state index < -0.39 is 82.6 Å². The Morgan fingerprint density at radius 2 is 1.38 bits per heavy atom. The standard InChI is InChI=1S/C53H55BF2N16O11P2S/c1-2-39(75)69-21-30-10-5-6-11-32(30)45-42(33-12-7-8-13-34(33)69)67-68-72(45)19-9-3-4-14-37(73)59-20-38(74)66-31-17-15-29(16-18-31)24-86-85(77)79-23-36-46(40(55)52(81-36)70-27-64-43-48(57)60-25-62-50(43)70)82-84(54,76)78-22-35-47(83-85)41(56)53(80-35)71-28-65-44-49(58)61-26-63-51(44)71/h5-8,10-13,15-18,25-28,35-36,40-41,46-47,52-53H,2-4,9,14,19-24H2,1H3,(H,59,73)(H,66,74)(H2,57,60,62)(H2,58,61,63)/t35-,36-,40-,41-,46-,47-,52-,53-,84+,85-/m1/s1. The number of alkyl halides is 2. The molecule has 8 aromatic rings. The molecule has 0 saturated carbocycles. The van der Waals surface area contributed by atoms with Crippen LogP contribution in [0, 0.1) is 0 Å². The number of carbonyl (C=O) groups is 3. The van der Waals surface area contributed by atoms with Gasteiger partial charge in [0.1, 0.15) is 53.8 Å². The van der Waals surface area contributed by atoms with Crippen LogP contribution < -0.4 is 27.0 Å². The highest BCUT2D eigenvalue weighted by molar-refractivity contribution is 8.54. The van der Waals surface area contributed by atoms with E-state index in [4.69, 9.17) is 46.6 Å². The van der Waals surface area contributed by atoms with Crippen LogP contribution in [-0.4, -0.2) is 136 Å². The average Bonchev–Trinajstić information content (AvgIpc) is 2.46. The van der Waals surface area contributed by atoms with Gasteiger partial charge < -0.3 is 45.5 Å². The minimum atomic E-state index is -4.73. The number of imidazole rings is 2. The van der Waals surface area contributed by atoms with Crippen LogP contribution in [0.4, 0.5) is 31.8 Å². The number of unbranched alkanes of at least 4 members (excludes halogenated alkanes) is 2. The molecule has 3 aromatic carbocycles. The maximum Gasteiger partial charge on any atom is 0.389 e. The van der Waals surface area contributed by atoms with Crippen molar-refractivity contribution in [3.63, 3.8) is 0 Å². The number of hydrogen-bond donors (Lipinski definition) is 4. The normalized spacial score (nSPS) is 25.6. The van der Waals surface area contributed by atoms with Crippen LogP contribution in [0.5, 0.6) is 0 Å². The molecule has 86 heavy (non-hydrogen) atoms. The van der Waals surface area contributed by atoms with E-state index in [0.717, 1.165) is 40.7 Å². The molecule has 12 rings (SSSR count). The molecule has 4 aliphatic rings. The summed E-state index contributed by atoms with van der Waals surface area (Å²) in [5, 5.41) is 14.6. The van der Waals surface area contributed by atoms with Crippen molar-refractivity contribution in [2.24, 2.45) is 0 Å².